The number of hydrogen-bond acceptors (Lipinski definition) is 5. The molecule has 2 N–H and O–H groups in total. The van der Waals surface area contributed by atoms with E-state index in [-0.39, 0.29) is 25.6 Å². The largest absolute Gasteiger partial charge is 0.480 e. The van der Waals surface area contributed by atoms with Crippen molar-refractivity contribution in [2.45, 2.75) is 38.0 Å². The van der Waals surface area contributed by atoms with E-state index >= 15 is 0 Å². The summed E-state index contributed by atoms with van der Waals surface area (Å²) in [6.45, 7) is 3.22. The molecule has 1 amide bonds. The number of carboxylic acids is 1. The maximum Gasteiger partial charge on any atom is 0.321 e. The summed E-state index contributed by atoms with van der Waals surface area (Å²) < 4.78 is 31.3. The third-order valence-electron chi connectivity index (χ3n) is 3.36. The van der Waals surface area contributed by atoms with Crippen LogP contribution in [0, 0.1) is 0 Å². The number of sulfonamides is 1. The van der Waals surface area contributed by atoms with Gasteiger partial charge < -0.3 is 15.2 Å². The minimum atomic E-state index is -3.79. The second-order valence-corrected chi connectivity index (χ2v) is 7.16. The van der Waals surface area contributed by atoms with Crippen molar-refractivity contribution in [1.29, 1.82) is 0 Å². The molecule has 1 heterocycles. The van der Waals surface area contributed by atoms with Gasteiger partial charge in [0.1, 0.15) is 6.04 Å². The fourth-order valence-corrected chi connectivity index (χ4v) is 4.14. The van der Waals surface area contributed by atoms with Crippen LogP contribution in [0.1, 0.15) is 26.7 Å². The Balaban J connectivity index is 2.87. The molecule has 1 saturated heterocycles. The summed E-state index contributed by atoms with van der Waals surface area (Å²) >= 11 is 0. The SMILES string of the molecule is CC(=O)NCCN(C(C)C(=O)O)S(=O)(=O)C1CCCOC1. The van der Waals surface area contributed by atoms with E-state index in [1.807, 2.05) is 0 Å². The fourth-order valence-electron chi connectivity index (χ4n) is 2.14. The Hall–Kier alpha value is -1.19. The zero-order valence-electron chi connectivity index (χ0n) is 12.2. The molecule has 1 aliphatic heterocycles. The first-order valence-electron chi connectivity index (χ1n) is 6.82. The van der Waals surface area contributed by atoms with Gasteiger partial charge in [-0.25, -0.2) is 8.42 Å². The summed E-state index contributed by atoms with van der Waals surface area (Å²) in [5.41, 5.74) is 0. The Bertz CT molecular complexity index is 472. The highest BCUT2D eigenvalue weighted by molar-refractivity contribution is 7.89. The maximum absolute atomic E-state index is 12.6. The molecule has 0 aromatic carbocycles. The number of carboxylic acid groups (broad SMARTS) is 1. The lowest BCUT2D eigenvalue weighted by molar-refractivity contribution is -0.140. The lowest BCUT2D eigenvalue weighted by atomic mass is 10.2. The van der Waals surface area contributed by atoms with E-state index in [0.29, 0.717) is 19.4 Å². The molecule has 1 aliphatic rings. The number of rotatable bonds is 7. The van der Waals surface area contributed by atoms with E-state index in [1.165, 1.54) is 13.8 Å². The third kappa shape index (κ3) is 4.94. The first kappa shape index (κ1) is 17.9. The monoisotopic (exact) mass is 322 g/mol. The summed E-state index contributed by atoms with van der Waals surface area (Å²) in [6, 6.07) is -1.19. The molecule has 21 heavy (non-hydrogen) atoms. The van der Waals surface area contributed by atoms with Crippen LogP contribution in [-0.2, 0) is 24.3 Å². The molecule has 0 aromatic heterocycles. The molecule has 0 radical (unpaired) electrons. The number of hydrogen-bond donors (Lipinski definition) is 2. The van der Waals surface area contributed by atoms with E-state index in [1.54, 1.807) is 0 Å². The number of amides is 1. The number of carbonyl (C=O) groups excluding carboxylic acids is 1. The second-order valence-electron chi connectivity index (χ2n) is 4.99. The van der Waals surface area contributed by atoms with Gasteiger partial charge in [-0.05, 0) is 19.8 Å². The van der Waals surface area contributed by atoms with E-state index in [0.717, 1.165) is 4.31 Å². The standard InChI is InChI=1S/C12H22N2O6S/c1-9(12(16)17)14(6-5-13-10(2)15)21(18,19)11-4-3-7-20-8-11/h9,11H,3-8H2,1-2H3,(H,13,15)(H,16,17). The van der Waals surface area contributed by atoms with E-state index < -0.39 is 27.3 Å². The van der Waals surface area contributed by atoms with E-state index in [2.05, 4.69) is 5.32 Å². The van der Waals surface area contributed by atoms with Crippen molar-refractivity contribution >= 4 is 21.9 Å². The van der Waals surface area contributed by atoms with Gasteiger partial charge in [0.2, 0.25) is 15.9 Å². The van der Waals surface area contributed by atoms with Gasteiger partial charge in [-0.3, -0.25) is 9.59 Å². The van der Waals surface area contributed by atoms with Crippen LogP contribution in [-0.4, -0.2) is 67.3 Å². The van der Waals surface area contributed by atoms with Crippen molar-refractivity contribution in [3.63, 3.8) is 0 Å². The van der Waals surface area contributed by atoms with Crippen LogP contribution in [0.15, 0.2) is 0 Å². The van der Waals surface area contributed by atoms with Crippen LogP contribution in [0.2, 0.25) is 0 Å². The smallest absolute Gasteiger partial charge is 0.321 e. The minimum absolute atomic E-state index is 0.0692. The summed E-state index contributed by atoms with van der Waals surface area (Å²) in [4.78, 5) is 22.0. The van der Waals surface area contributed by atoms with Gasteiger partial charge in [-0.2, -0.15) is 4.31 Å². The molecule has 0 bridgehead atoms. The predicted octanol–water partition coefficient (Wildman–Crippen LogP) is -0.594. The number of aliphatic carboxylic acids is 1. The van der Waals surface area contributed by atoms with E-state index in [4.69, 9.17) is 9.84 Å². The highest BCUT2D eigenvalue weighted by Crippen LogP contribution is 2.20. The molecule has 0 spiro atoms. The Morgan fingerprint density at radius 3 is 2.62 bits per heavy atom. The molecule has 122 valence electrons. The van der Waals surface area contributed by atoms with Crippen molar-refractivity contribution in [3.8, 4) is 0 Å². The lowest BCUT2D eigenvalue weighted by Crippen LogP contribution is -2.51. The number of nitrogens with zero attached hydrogens (tertiary/aromatic N) is 1. The molecule has 9 heteroatoms. The molecule has 0 aliphatic carbocycles. The normalized spacial score (nSPS) is 21.0. The summed E-state index contributed by atoms with van der Waals surface area (Å²) in [7, 11) is -3.79. The number of ether oxygens (including phenoxy) is 1. The topological polar surface area (TPSA) is 113 Å². The summed E-state index contributed by atoms with van der Waals surface area (Å²) in [6.07, 6.45) is 1.08. The summed E-state index contributed by atoms with van der Waals surface area (Å²) in [5.74, 6) is -1.52. The summed E-state index contributed by atoms with van der Waals surface area (Å²) in [5, 5.41) is 10.8. The average molecular weight is 322 g/mol. The fraction of sp³-hybridized carbons (Fsp3) is 0.833. The molecular formula is C12H22N2O6S. The number of carbonyl (C=O) groups is 2. The molecule has 0 saturated carbocycles. The van der Waals surface area contributed by atoms with Gasteiger partial charge in [0.15, 0.2) is 0 Å². The van der Waals surface area contributed by atoms with Crippen LogP contribution in [0.25, 0.3) is 0 Å². The van der Waals surface area contributed by atoms with Crippen LogP contribution < -0.4 is 5.32 Å². The van der Waals surface area contributed by atoms with Crippen molar-refractivity contribution < 1.29 is 27.9 Å². The van der Waals surface area contributed by atoms with Crippen LogP contribution in [0.3, 0.4) is 0 Å². The van der Waals surface area contributed by atoms with Crippen molar-refractivity contribution in [2.75, 3.05) is 26.3 Å². The highest BCUT2D eigenvalue weighted by Gasteiger charge is 2.38. The molecule has 1 rings (SSSR count). The van der Waals surface area contributed by atoms with Gasteiger partial charge in [0, 0.05) is 26.6 Å². The molecule has 1 fully saturated rings. The Morgan fingerprint density at radius 1 is 1.48 bits per heavy atom. The van der Waals surface area contributed by atoms with Crippen molar-refractivity contribution in [1.82, 2.24) is 9.62 Å². The van der Waals surface area contributed by atoms with Gasteiger partial charge in [-0.1, -0.05) is 0 Å². The van der Waals surface area contributed by atoms with Gasteiger partial charge >= 0.3 is 5.97 Å². The van der Waals surface area contributed by atoms with Crippen LogP contribution in [0.4, 0.5) is 0 Å². The molecular weight excluding hydrogens is 300 g/mol. The molecule has 2 unspecified atom stereocenters. The predicted molar refractivity (Wildman–Crippen MR) is 75.2 cm³/mol. The highest BCUT2D eigenvalue weighted by atomic mass is 32.2. The third-order valence-corrected chi connectivity index (χ3v) is 5.73. The van der Waals surface area contributed by atoms with E-state index in [9.17, 15) is 18.0 Å². The molecule has 0 aromatic rings. The quantitative estimate of drug-likeness (QED) is 0.647. The first-order chi connectivity index (χ1) is 9.76. The zero-order chi connectivity index (χ0) is 16.0. The average Bonchev–Trinajstić information content (AvgIpc) is 2.43. The number of nitrogens with one attached hydrogen (secondary N) is 1. The Kier molecular flexibility index (Phi) is 6.56. The van der Waals surface area contributed by atoms with Crippen LogP contribution in [0.5, 0.6) is 0 Å². The molecule has 8 nitrogen and oxygen atoms in total. The Morgan fingerprint density at radius 2 is 2.14 bits per heavy atom. The van der Waals surface area contributed by atoms with Gasteiger partial charge in [0.05, 0.1) is 11.9 Å². The van der Waals surface area contributed by atoms with Gasteiger partial charge in [-0.15, -0.1) is 0 Å². The van der Waals surface area contributed by atoms with Crippen molar-refractivity contribution in [2.24, 2.45) is 0 Å². The lowest BCUT2D eigenvalue weighted by Gasteiger charge is -2.31. The van der Waals surface area contributed by atoms with Crippen LogP contribution >= 0.6 is 0 Å². The first-order valence-corrected chi connectivity index (χ1v) is 8.32. The molecule has 2 atom stereocenters. The van der Waals surface area contributed by atoms with Gasteiger partial charge in [0.25, 0.3) is 0 Å². The minimum Gasteiger partial charge on any atom is -0.480 e. The zero-order valence-corrected chi connectivity index (χ0v) is 13.1. The maximum atomic E-state index is 12.6. The van der Waals surface area contributed by atoms with Crippen molar-refractivity contribution in [3.05, 3.63) is 0 Å². The Labute approximate surface area is 124 Å². The second kappa shape index (κ2) is 7.71.